The predicted octanol–water partition coefficient (Wildman–Crippen LogP) is -1.09. The molecule has 1 saturated heterocycles. The second kappa shape index (κ2) is 4.38. The van der Waals surface area contributed by atoms with Crippen LogP contribution >= 0.6 is 12.4 Å². The van der Waals surface area contributed by atoms with E-state index in [4.69, 9.17) is 5.14 Å². The van der Waals surface area contributed by atoms with E-state index in [-0.39, 0.29) is 18.4 Å². The van der Waals surface area contributed by atoms with Gasteiger partial charge in [0.25, 0.3) is 10.2 Å². The molecule has 0 saturated carbocycles. The summed E-state index contributed by atoms with van der Waals surface area (Å²) in [7, 11) is -1.64. The van der Waals surface area contributed by atoms with Gasteiger partial charge >= 0.3 is 0 Å². The van der Waals surface area contributed by atoms with E-state index in [0.717, 1.165) is 6.42 Å². The summed E-state index contributed by atoms with van der Waals surface area (Å²) in [5.74, 6) is 0. The number of rotatable bonds is 2. The van der Waals surface area contributed by atoms with Crippen LogP contribution in [0.5, 0.6) is 0 Å². The monoisotopic (exact) mass is 215 g/mol. The van der Waals surface area contributed by atoms with Crippen molar-refractivity contribution in [1.82, 2.24) is 9.62 Å². The first-order chi connectivity index (χ1) is 5.04. The van der Waals surface area contributed by atoms with E-state index in [1.807, 2.05) is 7.05 Å². The molecule has 7 heteroatoms. The summed E-state index contributed by atoms with van der Waals surface area (Å²) >= 11 is 0. The highest BCUT2D eigenvalue weighted by Gasteiger charge is 2.27. The Bertz CT molecular complexity index is 231. The van der Waals surface area contributed by atoms with E-state index in [0.29, 0.717) is 13.1 Å². The summed E-state index contributed by atoms with van der Waals surface area (Å²) in [4.78, 5) is 0. The normalized spacial score (nSPS) is 25.3. The van der Waals surface area contributed by atoms with Crippen LogP contribution in [0.25, 0.3) is 0 Å². The molecule has 1 rings (SSSR count). The topological polar surface area (TPSA) is 75.4 Å². The van der Waals surface area contributed by atoms with Crippen molar-refractivity contribution < 1.29 is 8.42 Å². The van der Waals surface area contributed by atoms with Gasteiger partial charge in [-0.25, -0.2) is 5.14 Å². The molecule has 0 aromatic carbocycles. The van der Waals surface area contributed by atoms with E-state index < -0.39 is 10.2 Å². The Morgan fingerprint density at radius 1 is 1.58 bits per heavy atom. The third-order valence-electron chi connectivity index (χ3n) is 1.92. The Morgan fingerprint density at radius 3 is 2.42 bits per heavy atom. The lowest BCUT2D eigenvalue weighted by Gasteiger charge is -2.11. The molecule has 74 valence electrons. The lowest BCUT2D eigenvalue weighted by molar-refractivity contribution is 0.466. The van der Waals surface area contributed by atoms with Gasteiger partial charge in [0.15, 0.2) is 0 Å². The third kappa shape index (κ3) is 2.87. The van der Waals surface area contributed by atoms with Gasteiger partial charge in [0.2, 0.25) is 0 Å². The first-order valence-corrected chi connectivity index (χ1v) is 4.99. The van der Waals surface area contributed by atoms with Crippen LogP contribution in [0.4, 0.5) is 0 Å². The summed E-state index contributed by atoms with van der Waals surface area (Å²) in [5, 5.41) is 7.93. The highest BCUT2D eigenvalue weighted by molar-refractivity contribution is 7.86. The molecule has 1 atom stereocenters. The molecule has 0 aromatic heterocycles. The van der Waals surface area contributed by atoms with Gasteiger partial charge < -0.3 is 5.32 Å². The van der Waals surface area contributed by atoms with Crippen LogP contribution in [0, 0.1) is 0 Å². The van der Waals surface area contributed by atoms with Gasteiger partial charge in [0, 0.05) is 19.1 Å². The number of nitrogens with zero attached hydrogens (tertiary/aromatic N) is 1. The Morgan fingerprint density at radius 2 is 2.17 bits per heavy atom. The number of halogens is 1. The molecule has 1 unspecified atom stereocenters. The van der Waals surface area contributed by atoms with Crippen LogP contribution in [0.2, 0.25) is 0 Å². The number of likely N-dealkylation sites (N-methyl/N-ethyl adjacent to an activating group) is 1. The van der Waals surface area contributed by atoms with Crippen LogP contribution in [-0.4, -0.2) is 38.9 Å². The maximum atomic E-state index is 10.8. The van der Waals surface area contributed by atoms with Crippen molar-refractivity contribution in [1.29, 1.82) is 0 Å². The van der Waals surface area contributed by atoms with Crippen molar-refractivity contribution in [3.8, 4) is 0 Å². The molecule has 1 aliphatic heterocycles. The highest BCUT2D eigenvalue weighted by atomic mass is 35.5. The Labute approximate surface area is 78.9 Å². The van der Waals surface area contributed by atoms with Gasteiger partial charge in [0.1, 0.15) is 0 Å². The zero-order valence-corrected chi connectivity index (χ0v) is 8.49. The summed E-state index contributed by atoms with van der Waals surface area (Å²) < 4.78 is 22.8. The summed E-state index contributed by atoms with van der Waals surface area (Å²) in [6.45, 7) is 1.03. The largest absolute Gasteiger partial charge is 0.316 e. The number of hydrogen-bond acceptors (Lipinski definition) is 3. The molecule has 0 aliphatic carbocycles. The molecule has 5 nitrogen and oxygen atoms in total. The summed E-state index contributed by atoms with van der Waals surface area (Å²) in [5.41, 5.74) is 0. The minimum atomic E-state index is -3.45. The molecule has 0 spiro atoms. The van der Waals surface area contributed by atoms with E-state index in [9.17, 15) is 8.42 Å². The second-order valence-electron chi connectivity index (χ2n) is 2.68. The molecule has 0 aromatic rings. The number of nitrogens with two attached hydrogens (primary N) is 1. The van der Waals surface area contributed by atoms with E-state index in [1.165, 1.54) is 4.31 Å². The molecule has 0 radical (unpaired) electrons. The van der Waals surface area contributed by atoms with Crippen molar-refractivity contribution in [3.05, 3.63) is 0 Å². The molecule has 1 fully saturated rings. The van der Waals surface area contributed by atoms with Crippen molar-refractivity contribution in [2.24, 2.45) is 5.14 Å². The fourth-order valence-corrected chi connectivity index (χ4v) is 1.94. The highest BCUT2D eigenvalue weighted by Crippen LogP contribution is 2.10. The second-order valence-corrected chi connectivity index (χ2v) is 4.22. The quantitative estimate of drug-likeness (QED) is 0.615. The lowest BCUT2D eigenvalue weighted by Crippen LogP contribution is -2.37. The van der Waals surface area contributed by atoms with Crippen LogP contribution in [0.15, 0.2) is 0 Å². The average molecular weight is 216 g/mol. The maximum Gasteiger partial charge on any atom is 0.276 e. The molecule has 1 aliphatic rings. The predicted molar refractivity (Wildman–Crippen MR) is 49.4 cm³/mol. The van der Waals surface area contributed by atoms with Crippen LogP contribution < -0.4 is 10.5 Å². The van der Waals surface area contributed by atoms with Crippen molar-refractivity contribution >= 4 is 22.6 Å². The fourth-order valence-electron chi connectivity index (χ4n) is 1.19. The third-order valence-corrected chi connectivity index (χ3v) is 2.97. The van der Waals surface area contributed by atoms with Crippen molar-refractivity contribution in [2.45, 2.75) is 12.5 Å². The minimum Gasteiger partial charge on any atom is -0.316 e. The number of hydrogen-bond donors (Lipinski definition) is 2. The van der Waals surface area contributed by atoms with Gasteiger partial charge in [-0.2, -0.15) is 12.7 Å². The zero-order valence-electron chi connectivity index (χ0n) is 6.86. The molecule has 1 heterocycles. The minimum absolute atomic E-state index is 0. The Hall–Kier alpha value is 0.120. The summed E-state index contributed by atoms with van der Waals surface area (Å²) in [6.07, 6.45) is 0.840. The van der Waals surface area contributed by atoms with Gasteiger partial charge in [-0.05, 0) is 13.5 Å². The van der Waals surface area contributed by atoms with Gasteiger partial charge in [-0.3, -0.25) is 0 Å². The Balaban J connectivity index is 0.00000121. The van der Waals surface area contributed by atoms with E-state index in [2.05, 4.69) is 5.32 Å². The fraction of sp³-hybridized carbons (Fsp3) is 1.00. The molecule has 12 heavy (non-hydrogen) atoms. The first kappa shape index (κ1) is 12.1. The van der Waals surface area contributed by atoms with E-state index >= 15 is 0 Å². The van der Waals surface area contributed by atoms with Gasteiger partial charge in [-0.1, -0.05) is 0 Å². The molecular formula is C5H14ClN3O2S. The van der Waals surface area contributed by atoms with Crippen LogP contribution in [0.3, 0.4) is 0 Å². The van der Waals surface area contributed by atoms with Crippen molar-refractivity contribution in [3.63, 3.8) is 0 Å². The zero-order chi connectivity index (χ0) is 8.48. The molecular weight excluding hydrogens is 202 g/mol. The Kier molecular flexibility index (Phi) is 4.43. The summed E-state index contributed by atoms with van der Waals surface area (Å²) in [6, 6.07) is 0.258. The maximum absolute atomic E-state index is 10.8. The van der Waals surface area contributed by atoms with Crippen molar-refractivity contribution in [2.75, 3.05) is 20.1 Å². The first-order valence-electron chi connectivity index (χ1n) is 3.49. The van der Waals surface area contributed by atoms with Gasteiger partial charge in [-0.15, -0.1) is 12.4 Å². The standard InChI is InChI=1S/C5H13N3O2S.ClH/c1-7-5-2-3-8(4-5)11(6,9)10;/h5,7H,2-4H2,1H3,(H2,6,9,10);1H. The molecule has 0 amide bonds. The van der Waals surface area contributed by atoms with Crippen LogP contribution in [0.1, 0.15) is 6.42 Å². The molecule has 0 bridgehead atoms. The van der Waals surface area contributed by atoms with Crippen LogP contribution in [-0.2, 0) is 10.2 Å². The number of nitrogens with one attached hydrogen (secondary N) is 1. The SMILES string of the molecule is CNC1CCN(S(N)(=O)=O)C1.Cl. The molecule has 3 N–H and O–H groups in total. The lowest BCUT2D eigenvalue weighted by atomic mass is 10.3. The van der Waals surface area contributed by atoms with E-state index in [1.54, 1.807) is 0 Å². The van der Waals surface area contributed by atoms with Gasteiger partial charge in [0.05, 0.1) is 0 Å². The smallest absolute Gasteiger partial charge is 0.276 e. The average Bonchev–Trinajstić information content (AvgIpc) is 2.32.